The van der Waals surface area contributed by atoms with E-state index in [0.717, 1.165) is 22.6 Å². The third-order valence-electron chi connectivity index (χ3n) is 7.49. The number of terminal acetylenes is 1. The molecule has 0 radical (unpaired) electrons. The summed E-state index contributed by atoms with van der Waals surface area (Å²) in [6, 6.07) is 19.5. The summed E-state index contributed by atoms with van der Waals surface area (Å²) in [5.41, 5.74) is 9.65. The largest absolute Gasteiger partial charge is 0.298 e. The van der Waals surface area contributed by atoms with Gasteiger partial charge in [0, 0.05) is 22.2 Å². The van der Waals surface area contributed by atoms with Crippen molar-refractivity contribution in [3.8, 4) is 23.5 Å². The Labute approximate surface area is 221 Å². The Morgan fingerprint density at radius 3 is 2.84 bits per heavy atom. The summed E-state index contributed by atoms with van der Waals surface area (Å²) in [4.78, 5) is 7.64. The fourth-order valence-corrected chi connectivity index (χ4v) is 6.72. The second-order valence-corrected chi connectivity index (χ2v) is 10.5. The molecule has 3 heteroatoms. The highest BCUT2D eigenvalue weighted by atomic mass is 32.1. The van der Waals surface area contributed by atoms with E-state index in [1.807, 2.05) is 23.5 Å². The molecule has 0 bridgehead atoms. The number of rotatable bonds is 4. The van der Waals surface area contributed by atoms with Gasteiger partial charge in [-0.2, -0.15) is 0 Å². The summed E-state index contributed by atoms with van der Waals surface area (Å²) in [6.07, 6.45) is 22.6. The standard InChI is InChI=1S/C34H24N2S/c1-3-4-6-10-22(2)28-19-26(23-11-7-5-8-12-23)21-31(35-28)36-29-14-9-13-24-15-16-27-33(32(24)29)30(36)20-25-17-18-37-34(25)27/h1,4-21,24,32H,2H3/b6-4-,22-10+. The summed E-state index contributed by atoms with van der Waals surface area (Å²) >= 11 is 1.83. The second-order valence-electron chi connectivity index (χ2n) is 9.63. The van der Waals surface area contributed by atoms with E-state index in [2.05, 4.69) is 108 Å². The maximum atomic E-state index is 5.42. The number of aromatic nitrogens is 1. The highest BCUT2D eigenvalue weighted by Gasteiger charge is 2.43. The zero-order chi connectivity index (χ0) is 24.9. The van der Waals surface area contributed by atoms with Crippen molar-refractivity contribution < 1.29 is 0 Å². The van der Waals surface area contributed by atoms with Gasteiger partial charge in [0.25, 0.3) is 0 Å². The minimum absolute atomic E-state index is 0.312. The molecule has 2 aromatic heterocycles. The molecule has 2 aliphatic carbocycles. The minimum atomic E-state index is 0.312. The first kappa shape index (κ1) is 21.9. The SMILES string of the molecule is C#C/C=C\C=C(/C)c1cc(-c2ccccc2)cc(N2C3=CC=CC4C=Cc5c(c2cc2ccsc52)C34)n1. The summed E-state index contributed by atoms with van der Waals surface area (Å²) in [5.74, 6) is 4.18. The van der Waals surface area contributed by atoms with Crippen molar-refractivity contribution in [1.29, 1.82) is 0 Å². The molecule has 176 valence electrons. The highest BCUT2D eigenvalue weighted by molar-refractivity contribution is 7.17. The van der Waals surface area contributed by atoms with Gasteiger partial charge in [-0.1, -0.05) is 72.7 Å². The van der Waals surface area contributed by atoms with Crippen LogP contribution in [0.15, 0.2) is 108 Å². The molecule has 2 atom stereocenters. The average Bonchev–Trinajstić information content (AvgIpc) is 3.55. The van der Waals surface area contributed by atoms with E-state index >= 15 is 0 Å². The third-order valence-corrected chi connectivity index (χ3v) is 8.45. The molecule has 2 unspecified atom stereocenters. The summed E-state index contributed by atoms with van der Waals surface area (Å²) < 4.78 is 1.37. The van der Waals surface area contributed by atoms with Gasteiger partial charge >= 0.3 is 0 Å². The summed E-state index contributed by atoms with van der Waals surface area (Å²) in [5, 5.41) is 3.48. The van der Waals surface area contributed by atoms with Crippen LogP contribution in [0.2, 0.25) is 0 Å². The Morgan fingerprint density at radius 1 is 1.08 bits per heavy atom. The van der Waals surface area contributed by atoms with Gasteiger partial charge in [-0.3, -0.25) is 4.90 Å². The molecule has 4 aromatic rings. The molecule has 7 rings (SSSR count). The number of allylic oxidation sites excluding steroid dienone is 9. The monoisotopic (exact) mass is 492 g/mol. The van der Waals surface area contributed by atoms with Gasteiger partial charge in [-0.25, -0.2) is 4.98 Å². The average molecular weight is 493 g/mol. The van der Waals surface area contributed by atoms with Gasteiger partial charge in [-0.15, -0.1) is 17.8 Å². The van der Waals surface area contributed by atoms with Crippen LogP contribution >= 0.6 is 11.3 Å². The maximum Gasteiger partial charge on any atom is 0.138 e. The first-order valence-corrected chi connectivity index (χ1v) is 13.4. The van der Waals surface area contributed by atoms with E-state index in [-0.39, 0.29) is 0 Å². The number of pyridine rings is 1. The molecule has 37 heavy (non-hydrogen) atoms. The van der Waals surface area contributed by atoms with Crippen molar-refractivity contribution in [2.45, 2.75) is 12.8 Å². The number of thiophene rings is 1. The predicted octanol–water partition coefficient (Wildman–Crippen LogP) is 8.89. The maximum absolute atomic E-state index is 5.42. The van der Waals surface area contributed by atoms with Crippen LogP contribution in [-0.4, -0.2) is 4.98 Å². The lowest BCUT2D eigenvalue weighted by molar-refractivity contribution is 0.672. The van der Waals surface area contributed by atoms with Crippen LogP contribution in [0.3, 0.4) is 0 Å². The van der Waals surface area contributed by atoms with Crippen molar-refractivity contribution in [3.05, 3.63) is 125 Å². The van der Waals surface area contributed by atoms with Gasteiger partial charge in [-0.05, 0) is 81.9 Å². The number of nitrogens with zero attached hydrogens (tertiary/aromatic N) is 2. The second kappa shape index (κ2) is 8.62. The molecular weight excluding hydrogens is 468 g/mol. The number of hydrogen-bond acceptors (Lipinski definition) is 3. The van der Waals surface area contributed by atoms with Crippen molar-refractivity contribution in [2.75, 3.05) is 4.90 Å². The van der Waals surface area contributed by atoms with Crippen molar-refractivity contribution in [3.63, 3.8) is 0 Å². The normalized spacial score (nSPS) is 19.4. The number of anilines is 2. The van der Waals surface area contributed by atoms with Crippen LogP contribution in [0.1, 0.15) is 29.7 Å². The third kappa shape index (κ3) is 3.45. The van der Waals surface area contributed by atoms with Gasteiger partial charge in [0.1, 0.15) is 5.82 Å². The predicted molar refractivity (Wildman–Crippen MR) is 158 cm³/mol. The van der Waals surface area contributed by atoms with E-state index in [1.54, 1.807) is 6.08 Å². The van der Waals surface area contributed by atoms with Crippen LogP contribution < -0.4 is 4.90 Å². The molecule has 0 saturated heterocycles. The lowest BCUT2D eigenvalue weighted by Crippen LogP contribution is -2.20. The van der Waals surface area contributed by atoms with Crippen LogP contribution in [0.25, 0.3) is 32.9 Å². The smallest absolute Gasteiger partial charge is 0.138 e. The van der Waals surface area contributed by atoms with E-state index in [4.69, 9.17) is 11.4 Å². The summed E-state index contributed by atoms with van der Waals surface area (Å²) in [6.45, 7) is 2.09. The van der Waals surface area contributed by atoms with Crippen molar-refractivity contribution in [1.82, 2.24) is 4.98 Å². The number of hydrogen-bond donors (Lipinski definition) is 0. The quantitative estimate of drug-likeness (QED) is 0.209. The van der Waals surface area contributed by atoms with Gasteiger partial charge < -0.3 is 0 Å². The summed E-state index contributed by atoms with van der Waals surface area (Å²) in [7, 11) is 0. The molecule has 3 aliphatic rings. The minimum Gasteiger partial charge on any atom is -0.298 e. The molecule has 0 spiro atoms. The fourth-order valence-electron chi connectivity index (χ4n) is 5.80. The zero-order valence-electron chi connectivity index (χ0n) is 20.4. The van der Waals surface area contributed by atoms with Crippen LogP contribution in [0, 0.1) is 18.3 Å². The van der Waals surface area contributed by atoms with Crippen LogP contribution in [0.5, 0.6) is 0 Å². The first-order valence-electron chi connectivity index (χ1n) is 12.5. The van der Waals surface area contributed by atoms with Gasteiger partial charge in [0.2, 0.25) is 0 Å². The van der Waals surface area contributed by atoms with E-state index in [1.165, 1.54) is 38.2 Å². The van der Waals surface area contributed by atoms with E-state index in [0.29, 0.717) is 11.8 Å². The van der Waals surface area contributed by atoms with Crippen molar-refractivity contribution >= 4 is 44.6 Å². The van der Waals surface area contributed by atoms with E-state index < -0.39 is 0 Å². The molecule has 1 aliphatic heterocycles. The topological polar surface area (TPSA) is 16.1 Å². The van der Waals surface area contributed by atoms with Crippen LogP contribution in [0.4, 0.5) is 11.5 Å². The Balaban J connectivity index is 1.48. The Bertz CT molecular complexity index is 1750. The number of fused-ring (bicyclic) bond motifs is 2. The molecule has 0 N–H and O–H groups in total. The molecular formula is C34H24N2S. The Morgan fingerprint density at radius 2 is 1.97 bits per heavy atom. The highest BCUT2D eigenvalue weighted by Crippen LogP contribution is 2.57. The fraction of sp³-hybridized carbons (Fsp3) is 0.0882. The molecule has 2 aromatic carbocycles. The zero-order valence-corrected chi connectivity index (χ0v) is 21.2. The van der Waals surface area contributed by atoms with E-state index in [9.17, 15) is 0 Å². The van der Waals surface area contributed by atoms with Gasteiger partial charge in [0.15, 0.2) is 0 Å². The van der Waals surface area contributed by atoms with Crippen LogP contribution in [-0.2, 0) is 0 Å². The molecule has 0 saturated carbocycles. The Hall–Kier alpha value is -4.39. The Kier molecular flexibility index (Phi) is 5.09. The molecule has 2 nitrogen and oxygen atoms in total. The number of benzene rings is 2. The first-order chi connectivity index (χ1) is 18.2. The molecule has 3 heterocycles. The van der Waals surface area contributed by atoms with Crippen molar-refractivity contribution in [2.24, 2.45) is 5.92 Å². The lowest BCUT2D eigenvalue weighted by Gasteiger charge is -2.29. The lowest BCUT2D eigenvalue weighted by atomic mass is 9.77. The molecule has 0 fully saturated rings. The molecule has 0 amide bonds. The van der Waals surface area contributed by atoms with Gasteiger partial charge in [0.05, 0.1) is 11.4 Å².